The first kappa shape index (κ1) is 20.4. The molecular weight excluding hydrogens is 374 g/mol. The summed E-state index contributed by atoms with van der Waals surface area (Å²) in [5, 5.41) is 21.1. The van der Waals surface area contributed by atoms with Crippen molar-refractivity contribution >= 4 is 28.3 Å². The monoisotopic (exact) mass is 395 g/mol. The van der Waals surface area contributed by atoms with Gasteiger partial charge in [-0.05, 0) is 30.7 Å². The first-order valence-corrected chi connectivity index (χ1v) is 9.25. The quantitative estimate of drug-likeness (QED) is 0.376. The number of amides is 1. The minimum absolute atomic E-state index is 0.135. The van der Waals surface area contributed by atoms with Crippen LogP contribution in [0.2, 0.25) is 0 Å². The van der Waals surface area contributed by atoms with Gasteiger partial charge in [0.2, 0.25) is 11.5 Å². The largest absolute Gasteiger partial charge is 0.446 e. The number of unbranched alkanes of at least 4 members (excludes halogenated alkanes) is 2. The van der Waals surface area contributed by atoms with Gasteiger partial charge in [0.1, 0.15) is 5.57 Å². The Morgan fingerprint density at radius 2 is 2.17 bits per heavy atom. The van der Waals surface area contributed by atoms with Crippen LogP contribution in [0.25, 0.3) is 16.5 Å². The topological polar surface area (TPSA) is 124 Å². The molecule has 0 radical (unpaired) electrons. The van der Waals surface area contributed by atoms with E-state index in [1.165, 1.54) is 7.11 Å². The summed E-state index contributed by atoms with van der Waals surface area (Å²) in [6, 6.07) is 8.85. The number of hydrogen-bond donors (Lipinski definition) is 3. The Balaban J connectivity index is 2.20. The molecule has 2 aromatic rings. The minimum Gasteiger partial charge on any atom is -0.446 e. The summed E-state index contributed by atoms with van der Waals surface area (Å²) < 4.78 is 5.52. The molecule has 150 valence electrons. The number of hydroxylamine groups is 1. The molecule has 0 saturated carbocycles. The summed E-state index contributed by atoms with van der Waals surface area (Å²) in [7, 11) is 1.26. The van der Waals surface area contributed by atoms with Crippen molar-refractivity contribution in [1.82, 2.24) is 10.5 Å². The Morgan fingerprint density at radius 1 is 1.38 bits per heavy atom. The van der Waals surface area contributed by atoms with E-state index in [0.29, 0.717) is 23.2 Å². The van der Waals surface area contributed by atoms with Gasteiger partial charge in [-0.25, -0.2) is 10.3 Å². The third-order valence-electron chi connectivity index (χ3n) is 4.79. The Morgan fingerprint density at radius 3 is 2.83 bits per heavy atom. The first-order valence-electron chi connectivity index (χ1n) is 9.25. The highest BCUT2D eigenvalue weighted by molar-refractivity contribution is 6.09. The number of H-pyrrole nitrogens is 1. The van der Waals surface area contributed by atoms with Gasteiger partial charge in [-0.1, -0.05) is 19.8 Å². The Bertz CT molecular complexity index is 1070. The number of nitrogens with zero attached hydrogens (tertiary/aromatic N) is 1. The van der Waals surface area contributed by atoms with E-state index in [-0.39, 0.29) is 23.3 Å². The van der Waals surface area contributed by atoms with Gasteiger partial charge in [-0.15, -0.1) is 0 Å². The second-order valence-corrected chi connectivity index (χ2v) is 6.76. The number of aromatic amines is 1. The van der Waals surface area contributed by atoms with Crippen molar-refractivity contribution < 1.29 is 24.3 Å². The van der Waals surface area contributed by atoms with Crippen LogP contribution in [0.1, 0.15) is 43.9 Å². The second-order valence-electron chi connectivity index (χ2n) is 6.76. The van der Waals surface area contributed by atoms with E-state index >= 15 is 0 Å². The number of aliphatic hydroxyl groups is 1. The molecule has 0 saturated heterocycles. The van der Waals surface area contributed by atoms with E-state index in [4.69, 9.17) is 10.00 Å². The molecule has 1 aromatic carbocycles. The molecule has 1 aliphatic rings. The van der Waals surface area contributed by atoms with E-state index < -0.39 is 11.7 Å². The van der Waals surface area contributed by atoms with E-state index in [1.807, 2.05) is 6.92 Å². The summed E-state index contributed by atoms with van der Waals surface area (Å²) in [5.74, 6) is -1.39. The Labute approximate surface area is 167 Å². The smallest absolute Gasteiger partial charge is 0.280 e. The number of nitriles is 1. The molecule has 0 fully saturated rings. The maximum absolute atomic E-state index is 12.6. The molecule has 0 bridgehead atoms. The van der Waals surface area contributed by atoms with E-state index in [1.54, 1.807) is 30.2 Å². The van der Waals surface area contributed by atoms with Gasteiger partial charge in [-0.2, -0.15) is 5.26 Å². The van der Waals surface area contributed by atoms with E-state index in [2.05, 4.69) is 21.4 Å². The molecule has 8 heteroatoms. The zero-order valence-electron chi connectivity index (χ0n) is 16.2. The number of rotatable bonds is 7. The molecule has 0 spiro atoms. The molecular formula is C21H21N3O5. The number of hydrogen-bond acceptors (Lipinski definition) is 6. The van der Waals surface area contributed by atoms with Gasteiger partial charge in [0.05, 0.1) is 24.3 Å². The molecule has 1 amide bonds. The lowest BCUT2D eigenvalue weighted by atomic mass is 9.93. The van der Waals surface area contributed by atoms with Crippen molar-refractivity contribution in [2.45, 2.75) is 38.4 Å². The summed E-state index contributed by atoms with van der Waals surface area (Å²) in [5.41, 5.74) is 3.74. The third kappa shape index (κ3) is 3.80. The van der Waals surface area contributed by atoms with Gasteiger partial charge in [0.15, 0.2) is 5.94 Å². The molecule has 0 aliphatic carbocycles. The average molecular weight is 395 g/mol. The summed E-state index contributed by atoms with van der Waals surface area (Å²) in [6.07, 6.45) is 2.58. The van der Waals surface area contributed by atoms with Crippen molar-refractivity contribution in [1.29, 1.82) is 5.26 Å². The van der Waals surface area contributed by atoms with Crippen molar-refractivity contribution in [2.24, 2.45) is 0 Å². The standard InChI is InChI=1S/C21H21N3O5/c1-3-4-5-8-21(27)19(18(17(12-25)29-21)20(26)24-28-2)16-10-14-9-13(11-22)6-7-15(14)23-16/h6-7,9-10,23,27H,3-5,8H2,1-2H3,(H,24,26). The van der Waals surface area contributed by atoms with Gasteiger partial charge in [-0.3, -0.25) is 9.63 Å². The van der Waals surface area contributed by atoms with Crippen molar-refractivity contribution in [3.63, 3.8) is 0 Å². The lowest BCUT2D eigenvalue weighted by Crippen LogP contribution is -2.30. The van der Waals surface area contributed by atoms with Crippen LogP contribution in [0.15, 0.2) is 35.6 Å². The normalized spacial score (nSPS) is 18.5. The molecule has 1 atom stereocenters. The Hall–Kier alpha value is -3.37. The van der Waals surface area contributed by atoms with Gasteiger partial charge in [0.25, 0.3) is 5.91 Å². The first-order chi connectivity index (χ1) is 14.0. The molecule has 1 aliphatic heterocycles. The number of carbonyl (C=O) groups excluding carboxylic acids is 2. The number of carbonyl (C=O) groups is 1. The number of ether oxygens (including phenoxy) is 1. The average Bonchev–Trinajstić information content (AvgIpc) is 3.25. The van der Waals surface area contributed by atoms with Crippen LogP contribution in [0.3, 0.4) is 0 Å². The zero-order chi connectivity index (χ0) is 21.0. The van der Waals surface area contributed by atoms with E-state index in [9.17, 15) is 14.7 Å². The van der Waals surface area contributed by atoms with Gasteiger partial charge in [0, 0.05) is 23.0 Å². The molecule has 2 heterocycles. The predicted octanol–water partition coefficient (Wildman–Crippen LogP) is 2.49. The maximum atomic E-state index is 12.6. The van der Waals surface area contributed by atoms with Crippen LogP contribution < -0.4 is 5.48 Å². The van der Waals surface area contributed by atoms with Crippen LogP contribution >= 0.6 is 0 Å². The van der Waals surface area contributed by atoms with Crippen LogP contribution in [0.5, 0.6) is 0 Å². The number of benzene rings is 1. The number of fused-ring (bicyclic) bond motifs is 1. The molecule has 8 nitrogen and oxygen atoms in total. The molecule has 1 unspecified atom stereocenters. The minimum atomic E-state index is -1.87. The lowest BCUT2D eigenvalue weighted by molar-refractivity contribution is -0.128. The number of nitrogens with one attached hydrogen (secondary N) is 2. The number of aromatic nitrogens is 1. The summed E-state index contributed by atoms with van der Waals surface area (Å²) in [6.45, 7) is 2.02. The highest BCUT2D eigenvalue weighted by Crippen LogP contribution is 2.45. The summed E-state index contributed by atoms with van der Waals surface area (Å²) >= 11 is 0. The van der Waals surface area contributed by atoms with Crippen molar-refractivity contribution in [3.8, 4) is 6.07 Å². The maximum Gasteiger partial charge on any atom is 0.280 e. The van der Waals surface area contributed by atoms with Gasteiger partial charge < -0.3 is 14.8 Å². The van der Waals surface area contributed by atoms with Crippen LogP contribution in [-0.4, -0.2) is 34.8 Å². The lowest BCUT2D eigenvalue weighted by Gasteiger charge is -2.25. The Kier molecular flexibility index (Phi) is 5.85. The highest BCUT2D eigenvalue weighted by atomic mass is 16.6. The van der Waals surface area contributed by atoms with Crippen LogP contribution in [0, 0.1) is 11.3 Å². The van der Waals surface area contributed by atoms with Crippen molar-refractivity contribution in [2.75, 3.05) is 7.11 Å². The highest BCUT2D eigenvalue weighted by Gasteiger charge is 2.48. The molecule has 1 aromatic heterocycles. The third-order valence-corrected chi connectivity index (χ3v) is 4.79. The van der Waals surface area contributed by atoms with Crippen molar-refractivity contribution in [3.05, 3.63) is 46.9 Å². The summed E-state index contributed by atoms with van der Waals surface area (Å²) in [4.78, 5) is 31.9. The molecule has 29 heavy (non-hydrogen) atoms. The second kappa shape index (κ2) is 8.33. The predicted molar refractivity (Wildman–Crippen MR) is 104 cm³/mol. The molecule has 3 N–H and O–H groups in total. The van der Waals surface area contributed by atoms with Crippen LogP contribution in [0.4, 0.5) is 0 Å². The SMILES string of the molecule is CCCCCC1(O)OC(=C=O)C(C(=O)NOC)=C1c1cc2cc(C#N)ccc2[nH]1. The molecule has 3 rings (SSSR count). The van der Waals surface area contributed by atoms with Crippen LogP contribution in [-0.2, 0) is 19.2 Å². The fourth-order valence-electron chi connectivity index (χ4n) is 3.48. The fourth-order valence-corrected chi connectivity index (χ4v) is 3.48. The van der Waals surface area contributed by atoms with E-state index in [0.717, 1.165) is 18.2 Å². The fraction of sp³-hybridized carbons (Fsp3) is 0.333. The zero-order valence-corrected chi connectivity index (χ0v) is 16.2. The van der Waals surface area contributed by atoms with Gasteiger partial charge >= 0.3 is 0 Å².